The van der Waals surface area contributed by atoms with E-state index in [1.54, 1.807) is 7.11 Å². The van der Waals surface area contributed by atoms with E-state index in [0.29, 0.717) is 5.76 Å². The summed E-state index contributed by atoms with van der Waals surface area (Å²) >= 11 is 0. The van der Waals surface area contributed by atoms with Gasteiger partial charge in [0.1, 0.15) is 6.10 Å². The molecule has 1 atom stereocenters. The van der Waals surface area contributed by atoms with Crippen molar-refractivity contribution in [2.24, 2.45) is 0 Å². The maximum absolute atomic E-state index is 9.81. The highest BCUT2D eigenvalue weighted by Gasteiger charge is 2.09. The zero-order valence-electron chi connectivity index (χ0n) is 14.3. The third-order valence-corrected chi connectivity index (χ3v) is 4.03. The van der Waals surface area contributed by atoms with Gasteiger partial charge in [-0.25, -0.2) is 0 Å². The standard InChI is InChI=1S/C19H36O2/c1-4-6-7-8-9-10-11-12-13-14-15-16-17-18(20)19(5-2)21-3/h18,20H,2,4,6-17H2,1,3H3. The molecule has 0 saturated carbocycles. The van der Waals surface area contributed by atoms with Crippen LogP contribution in [0.4, 0.5) is 0 Å². The summed E-state index contributed by atoms with van der Waals surface area (Å²) in [6, 6.07) is 0. The van der Waals surface area contributed by atoms with E-state index in [9.17, 15) is 5.11 Å². The first-order valence-electron chi connectivity index (χ1n) is 8.88. The molecule has 21 heavy (non-hydrogen) atoms. The molecule has 1 unspecified atom stereocenters. The summed E-state index contributed by atoms with van der Waals surface area (Å²) in [5, 5.41) is 9.81. The number of rotatable bonds is 15. The Labute approximate surface area is 132 Å². The number of aliphatic hydroxyl groups is 1. The summed E-state index contributed by atoms with van der Waals surface area (Å²) in [7, 11) is 1.55. The number of hydrogen-bond donors (Lipinski definition) is 1. The Balaban J connectivity index is 3.24. The second-order valence-corrected chi connectivity index (χ2v) is 5.94. The Hall–Kier alpha value is -0.720. The van der Waals surface area contributed by atoms with Gasteiger partial charge < -0.3 is 9.84 Å². The normalized spacial score (nSPS) is 12.0. The number of methoxy groups -OCH3 is 1. The minimum atomic E-state index is -0.532. The Bertz CT molecular complexity index is 267. The lowest BCUT2D eigenvalue weighted by molar-refractivity contribution is 0.119. The van der Waals surface area contributed by atoms with Gasteiger partial charge in [-0.3, -0.25) is 0 Å². The van der Waals surface area contributed by atoms with Gasteiger partial charge in [0, 0.05) is 0 Å². The number of ether oxygens (including phenoxy) is 1. The zero-order chi connectivity index (χ0) is 15.8. The van der Waals surface area contributed by atoms with E-state index in [1.807, 2.05) is 0 Å². The van der Waals surface area contributed by atoms with Crippen molar-refractivity contribution in [1.82, 2.24) is 0 Å². The highest BCUT2D eigenvalue weighted by Crippen LogP contribution is 2.14. The SMILES string of the molecule is C=C=C(OC)C(O)CCCCCCCCCCCCCC. The third kappa shape index (κ3) is 12.7. The van der Waals surface area contributed by atoms with Gasteiger partial charge >= 0.3 is 0 Å². The fourth-order valence-corrected chi connectivity index (χ4v) is 2.64. The molecular formula is C19H36O2. The van der Waals surface area contributed by atoms with Gasteiger partial charge in [0.15, 0.2) is 5.76 Å². The van der Waals surface area contributed by atoms with Crippen molar-refractivity contribution in [2.45, 2.75) is 96.5 Å². The van der Waals surface area contributed by atoms with Crippen LogP contribution in [-0.4, -0.2) is 18.3 Å². The average molecular weight is 296 g/mol. The average Bonchev–Trinajstić information content (AvgIpc) is 2.49. The summed E-state index contributed by atoms with van der Waals surface area (Å²) in [5.74, 6) is 0.470. The molecule has 2 heteroatoms. The van der Waals surface area contributed by atoms with Crippen molar-refractivity contribution in [2.75, 3.05) is 7.11 Å². The first-order chi connectivity index (χ1) is 10.3. The van der Waals surface area contributed by atoms with Gasteiger partial charge in [-0.05, 0) is 6.42 Å². The molecule has 0 rings (SSSR count). The lowest BCUT2D eigenvalue weighted by Gasteiger charge is -2.11. The fraction of sp³-hybridized carbons (Fsp3) is 0.842. The van der Waals surface area contributed by atoms with Crippen LogP contribution >= 0.6 is 0 Å². The molecule has 0 heterocycles. The molecule has 0 saturated heterocycles. The van der Waals surface area contributed by atoms with E-state index in [2.05, 4.69) is 19.2 Å². The number of unbranched alkanes of at least 4 members (excludes halogenated alkanes) is 11. The van der Waals surface area contributed by atoms with E-state index in [-0.39, 0.29) is 0 Å². The van der Waals surface area contributed by atoms with Crippen molar-refractivity contribution in [1.29, 1.82) is 0 Å². The third-order valence-electron chi connectivity index (χ3n) is 4.03. The molecule has 0 aromatic rings. The largest absolute Gasteiger partial charge is 0.490 e. The molecule has 0 aromatic heterocycles. The molecule has 0 spiro atoms. The van der Waals surface area contributed by atoms with Crippen molar-refractivity contribution in [3.63, 3.8) is 0 Å². The maximum Gasteiger partial charge on any atom is 0.166 e. The van der Waals surface area contributed by atoms with Crippen molar-refractivity contribution in [3.8, 4) is 0 Å². The summed E-state index contributed by atoms with van der Waals surface area (Å²) in [6.07, 6.45) is 16.2. The van der Waals surface area contributed by atoms with Crippen LogP contribution in [0.2, 0.25) is 0 Å². The zero-order valence-corrected chi connectivity index (χ0v) is 14.3. The monoisotopic (exact) mass is 296 g/mol. The molecule has 0 fully saturated rings. The van der Waals surface area contributed by atoms with Gasteiger partial charge in [-0.15, -0.1) is 0 Å². The van der Waals surface area contributed by atoms with Crippen LogP contribution in [0.15, 0.2) is 18.1 Å². The highest BCUT2D eigenvalue weighted by molar-refractivity contribution is 4.95. The van der Waals surface area contributed by atoms with Crippen LogP contribution in [0, 0.1) is 0 Å². The van der Waals surface area contributed by atoms with Crippen LogP contribution in [0.3, 0.4) is 0 Å². The predicted octanol–water partition coefficient (Wildman–Crippen LogP) is 5.75. The Morgan fingerprint density at radius 3 is 1.71 bits per heavy atom. The summed E-state index contributed by atoms with van der Waals surface area (Å²) in [5.41, 5.74) is 2.64. The number of aliphatic hydroxyl groups excluding tert-OH is 1. The second kappa shape index (κ2) is 15.7. The Kier molecular flexibility index (Phi) is 15.1. The molecule has 0 aliphatic rings. The van der Waals surface area contributed by atoms with Crippen LogP contribution in [-0.2, 0) is 4.74 Å². The van der Waals surface area contributed by atoms with E-state index in [0.717, 1.165) is 12.8 Å². The maximum atomic E-state index is 9.81. The molecule has 0 amide bonds. The van der Waals surface area contributed by atoms with Crippen molar-refractivity contribution in [3.05, 3.63) is 18.1 Å². The summed E-state index contributed by atoms with van der Waals surface area (Å²) in [6.45, 7) is 5.78. The Morgan fingerprint density at radius 2 is 1.33 bits per heavy atom. The highest BCUT2D eigenvalue weighted by atomic mass is 16.5. The lowest BCUT2D eigenvalue weighted by atomic mass is 10.0. The van der Waals surface area contributed by atoms with E-state index >= 15 is 0 Å². The number of hydrogen-bond acceptors (Lipinski definition) is 2. The minimum absolute atomic E-state index is 0.470. The molecule has 124 valence electrons. The van der Waals surface area contributed by atoms with E-state index in [4.69, 9.17) is 4.74 Å². The van der Waals surface area contributed by atoms with Gasteiger partial charge in [-0.2, -0.15) is 0 Å². The lowest BCUT2D eigenvalue weighted by Crippen LogP contribution is -2.10. The fourth-order valence-electron chi connectivity index (χ4n) is 2.64. The summed E-state index contributed by atoms with van der Waals surface area (Å²) in [4.78, 5) is 0. The van der Waals surface area contributed by atoms with Gasteiger partial charge in [-0.1, -0.05) is 96.3 Å². The smallest absolute Gasteiger partial charge is 0.166 e. The van der Waals surface area contributed by atoms with Crippen LogP contribution in [0.1, 0.15) is 90.4 Å². The van der Waals surface area contributed by atoms with Crippen molar-refractivity contribution >= 4 is 0 Å². The van der Waals surface area contributed by atoms with Crippen LogP contribution in [0.25, 0.3) is 0 Å². The van der Waals surface area contributed by atoms with E-state index in [1.165, 1.54) is 70.6 Å². The molecular weight excluding hydrogens is 260 g/mol. The first-order valence-corrected chi connectivity index (χ1v) is 8.88. The van der Waals surface area contributed by atoms with Crippen molar-refractivity contribution < 1.29 is 9.84 Å². The molecule has 0 aliphatic heterocycles. The Morgan fingerprint density at radius 1 is 0.905 bits per heavy atom. The second-order valence-electron chi connectivity index (χ2n) is 5.94. The van der Waals surface area contributed by atoms with Gasteiger partial charge in [0.25, 0.3) is 0 Å². The predicted molar refractivity (Wildman–Crippen MR) is 91.4 cm³/mol. The minimum Gasteiger partial charge on any atom is -0.490 e. The first kappa shape index (κ1) is 20.3. The van der Waals surface area contributed by atoms with E-state index < -0.39 is 6.10 Å². The molecule has 1 N–H and O–H groups in total. The van der Waals surface area contributed by atoms with Gasteiger partial charge in [0.05, 0.1) is 7.11 Å². The summed E-state index contributed by atoms with van der Waals surface area (Å²) < 4.78 is 5.01. The molecule has 0 aliphatic carbocycles. The van der Waals surface area contributed by atoms with Crippen LogP contribution in [0.5, 0.6) is 0 Å². The topological polar surface area (TPSA) is 29.5 Å². The van der Waals surface area contributed by atoms with Crippen LogP contribution < -0.4 is 0 Å². The quantitative estimate of drug-likeness (QED) is 0.237. The molecule has 0 radical (unpaired) electrons. The molecule has 0 bridgehead atoms. The van der Waals surface area contributed by atoms with Gasteiger partial charge in [0.2, 0.25) is 0 Å². The molecule has 2 nitrogen and oxygen atoms in total. The molecule has 0 aromatic carbocycles.